The first-order valence-electron chi connectivity index (χ1n) is 7.20. The van der Waals surface area contributed by atoms with Crippen molar-refractivity contribution in [3.05, 3.63) is 12.2 Å². The van der Waals surface area contributed by atoms with E-state index >= 15 is 0 Å². The molecule has 0 radical (unpaired) electrons. The summed E-state index contributed by atoms with van der Waals surface area (Å²) in [6.07, 6.45) is 3.32. The molecule has 9 nitrogen and oxygen atoms in total. The standard InChI is InChI=1S/C12H19N5O2.CH2O2/c1-10-15-14-9-17(10)7-6-16-4-2-12(3-5-16)8-13-11(18)19-12;2-1-3/h9H,2-8H2,1H3,(H,13,18);1H,(H,2,3). The van der Waals surface area contributed by atoms with E-state index in [-0.39, 0.29) is 18.2 Å². The quantitative estimate of drug-likeness (QED) is 0.748. The molecule has 3 rings (SSSR count). The number of ether oxygens (including phenoxy) is 1. The van der Waals surface area contributed by atoms with Crippen molar-refractivity contribution in [1.82, 2.24) is 25.0 Å². The van der Waals surface area contributed by atoms with Crippen LogP contribution < -0.4 is 5.32 Å². The molecular formula is C13H21N5O4. The summed E-state index contributed by atoms with van der Waals surface area (Å²) >= 11 is 0. The zero-order valence-electron chi connectivity index (χ0n) is 12.6. The van der Waals surface area contributed by atoms with Gasteiger partial charge >= 0.3 is 6.09 Å². The molecule has 1 amide bonds. The van der Waals surface area contributed by atoms with Gasteiger partial charge in [-0.25, -0.2) is 4.79 Å². The number of amides is 1. The highest BCUT2D eigenvalue weighted by Gasteiger charge is 2.42. The lowest BCUT2D eigenvalue weighted by molar-refractivity contribution is -0.122. The summed E-state index contributed by atoms with van der Waals surface area (Å²) in [6.45, 7) is 6.19. The molecule has 1 aromatic heterocycles. The average Bonchev–Trinajstić information content (AvgIpc) is 3.06. The fraction of sp³-hybridized carbons (Fsp3) is 0.692. The molecular weight excluding hydrogens is 290 g/mol. The third-order valence-corrected chi connectivity index (χ3v) is 4.10. The fourth-order valence-electron chi connectivity index (χ4n) is 2.75. The number of nitrogens with zero attached hydrogens (tertiary/aromatic N) is 4. The Morgan fingerprint density at radius 1 is 1.45 bits per heavy atom. The van der Waals surface area contributed by atoms with Crippen molar-refractivity contribution in [2.24, 2.45) is 0 Å². The van der Waals surface area contributed by atoms with Gasteiger partial charge in [-0.15, -0.1) is 10.2 Å². The second-order valence-electron chi connectivity index (χ2n) is 5.44. The Morgan fingerprint density at radius 3 is 2.64 bits per heavy atom. The van der Waals surface area contributed by atoms with Crippen LogP contribution in [0.15, 0.2) is 6.33 Å². The Kier molecular flexibility index (Phi) is 5.31. The minimum absolute atomic E-state index is 0.250. The number of carbonyl (C=O) groups excluding carboxylic acids is 1. The van der Waals surface area contributed by atoms with Gasteiger partial charge in [-0.3, -0.25) is 4.79 Å². The number of carbonyl (C=O) groups is 2. The van der Waals surface area contributed by atoms with Crippen molar-refractivity contribution in [1.29, 1.82) is 0 Å². The van der Waals surface area contributed by atoms with Gasteiger partial charge < -0.3 is 24.6 Å². The van der Waals surface area contributed by atoms with Crippen molar-refractivity contribution in [2.75, 3.05) is 26.2 Å². The summed E-state index contributed by atoms with van der Waals surface area (Å²) in [5.74, 6) is 0.947. The van der Waals surface area contributed by atoms with Crippen molar-refractivity contribution < 1.29 is 19.4 Å². The Balaban J connectivity index is 0.000000545. The molecule has 3 heterocycles. The van der Waals surface area contributed by atoms with E-state index < -0.39 is 0 Å². The van der Waals surface area contributed by atoms with Crippen LogP contribution in [0.1, 0.15) is 18.7 Å². The Labute approximate surface area is 128 Å². The molecule has 0 unspecified atom stereocenters. The highest BCUT2D eigenvalue weighted by molar-refractivity contribution is 5.70. The molecule has 2 aliphatic heterocycles. The second-order valence-corrected chi connectivity index (χ2v) is 5.44. The third-order valence-electron chi connectivity index (χ3n) is 4.10. The van der Waals surface area contributed by atoms with Crippen LogP contribution in [-0.2, 0) is 16.1 Å². The van der Waals surface area contributed by atoms with Crippen LogP contribution in [0.2, 0.25) is 0 Å². The number of piperidine rings is 1. The molecule has 0 atom stereocenters. The van der Waals surface area contributed by atoms with Crippen LogP contribution in [0.5, 0.6) is 0 Å². The van der Waals surface area contributed by atoms with Crippen LogP contribution in [0.25, 0.3) is 0 Å². The molecule has 1 aromatic rings. The summed E-state index contributed by atoms with van der Waals surface area (Å²) in [5.41, 5.74) is -0.250. The lowest BCUT2D eigenvalue weighted by atomic mass is 9.92. The first-order valence-corrected chi connectivity index (χ1v) is 7.20. The van der Waals surface area contributed by atoms with Crippen molar-refractivity contribution >= 4 is 12.6 Å². The van der Waals surface area contributed by atoms with Gasteiger partial charge in [-0.2, -0.15) is 0 Å². The fourth-order valence-corrected chi connectivity index (χ4v) is 2.75. The topological polar surface area (TPSA) is 110 Å². The van der Waals surface area contributed by atoms with E-state index in [0.717, 1.165) is 44.8 Å². The molecule has 9 heteroatoms. The van der Waals surface area contributed by atoms with E-state index in [4.69, 9.17) is 14.6 Å². The molecule has 22 heavy (non-hydrogen) atoms. The summed E-state index contributed by atoms with van der Waals surface area (Å²) in [6, 6.07) is 0. The molecule has 2 aliphatic rings. The Hall–Kier alpha value is -2.16. The van der Waals surface area contributed by atoms with Gasteiger partial charge in [-0.05, 0) is 6.92 Å². The Bertz CT molecular complexity index is 510. The molecule has 0 saturated carbocycles. The van der Waals surface area contributed by atoms with E-state index in [9.17, 15) is 4.79 Å². The van der Waals surface area contributed by atoms with Gasteiger partial charge in [0.05, 0.1) is 6.54 Å². The molecule has 2 fully saturated rings. The number of nitrogens with one attached hydrogen (secondary N) is 1. The normalized spacial score (nSPS) is 20.0. The highest BCUT2D eigenvalue weighted by Crippen LogP contribution is 2.28. The molecule has 0 aliphatic carbocycles. The first kappa shape index (κ1) is 16.2. The van der Waals surface area contributed by atoms with E-state index in [0.29, 0.717) is 6.54 Å². The van der Waals surface area contributed by atoms with E-state index in [1.54, 1.807) is 6.33 Å². The monoisotopic (exact) mass is 311 g/mol. The number of aromatic nitrogens is 3. The van der Waals surface area contributed by atoms with Crippen LogP contribution in [-0.4, -0.2) is 69.1 Å². The minimum atomic E-state index is -0.270. The molecule has 0 aromatic carbocycles. The van der Waals surface area contributed by atoms with Gasteiger partial charge in [-0.1, -0.05) is 0 Å². The van der Waals surface area contributed by atoms with Gasteiger partial charge in [0.25, 0.3) is 6.47 Å². The van der Waals surface area contributed by atoms with Crippen molar-refractivity contribution in [2.45, 2.75) is 31.9 Å². The van der Waals surface area contributed by atoms with Crippen molar-refractivity contribution in [3.63, 3.8) is 0 Å². The second kappa shape index (κ2) is 7.21. The van der Waals surface area contributed by atoms with Crippen LogP contribution >= 0.6 is 0 Å². The maximum atomic E-state index is 11.2. The number of aryl methyl sites for hydroxylation is 1. The summed E-state index contributed by atoms with van der Waals surface area (Å²) < 4.78 is 7.46. The predicted molar refractivity (Wildman–Crippen MR) is 76.3 cm³/mol. The van der Waals surface area contributed by atoms with Crippen LogP contribution in [0, 0.1) is 6.92 Å². The molecule has 0 bridgehead atoms. The average molecular weight is 311 g/mol. The van der Waals surface area contributed by atoms with E-state index in [1.807, 2.05) is 6.92 Å². The number of hydrogen-bond donors (Lipinski definition) is 2. The highest BCUT2D eigenvalue weighted by atomic mass is 16.6. The van der Waals surface area contributed by atoms with Gasteiger partial charge in [0.15, 0.2) is 0 Å². The van der Waals surface area contributed by atoms with Gasteiger partial charge in [0, 0.05) is 39.0 Å². The molecule has 1 spiro atoms. The molecule has 2 N–H and O–H groups in total. The molecule has 2 saturated heterocycles. The minimum Gasteiger partial charge on any atom is -0.483 e. The first-order chi connectivity index (χ1) is 10.6. The van der Waals surface area contributed by atoms with Gasteiger partial charge in [0.2, 0.25) is 0 Å². The molecule has 122 valence electrons. The Morgan fingerprint density at radius 2 is 2.14 bits per heavy atom. The smallest absolute Gasteiger partial charge is 0.407 e. The lowest BCUT2D eigenvalue weighted by Gasteiger charge is -2.37. The number of alkyl carbamates (subject to hydrolysis) is 1. The SMILES string of the molecule is Cc1nncn1CCN1CCC2(CC1)CNC(=O)O2.O=CO. The number of carboxylic acid groups (broad SMARTS) is 1. The predicted octanol–water partition coefficient (Wildman–Crippen LogP) is -0.138. The number of hydrogen-bond acceptors (Lipinski definition) is 6. The van der Waals surface area contributed by atoms with E-state index in [1.165, 1.54) is 0 Å². The maximum absolute atomic E-state index is 11.2. The van der Waals surface area contributed by atoms with Crippen LogP contribution in [0.4, 0.5) is 4.79 Å². The maximum Gasteiger partial charge on any atom is 0.407 e. The van der Waals surface area contributed by atoms with Gasteiger partial charge in [0.1, 0.15) is 17.8 Å². The third kappa shape index (κ3) is 3.94. The van der Waals surface area contributed by atoms with Crippen molar-refractivity contribution in [3.8, 4) is 0 Å². The lowest BCUT2D eigenvalue weighted by Crippen LogP contribution is -2.47. The zero-order chi connectivity index (χ0) is 16.0. The summed E-state index contributed by atoms with van der Waals surface area (Å²) in [4.78, 5) is 21.9. The number of rotatable bonds is 3. The van der Waals surface area contributed by atoms with Crippen LogP contribution in [0.3, 0.4) is 0 Å². The summed E-state index contributed by atoms with van der Waals surface area (Å²) in [5, 5.41) is 17.5. The summed E-state index contributed by atoms with van der Waals surface area (Å²) in [7, 11) is 0. The largest absolute Gasteiger partial charge is 0.483 e. The van der Waals surface area contributed by atoms with E-state index in [2.05, 4.69) is 25.0 Å². The number of likely N-dealkylation sites (tertiary alicyclic amines) is 1. The zero-order valence-corrected chi connectivity index (χ0v) is 12.6.